The quantitative estimate of drug-likeness (QED) is 0.905. The van der Waals surface area contributed by atoms with Crippen molar-refractivity contribution in [3.05, 3.63) is 42.4 Å². The number of hydrogen-bond donors (Lipinski definition) is 1. The first-order chi connectivity index (χ1) is 9.72. The Hall–Kier alpha value is -2.43. The van der Waals surface area contributed by atoms with Crippen LogP contribution in [0.3, 0.4) is 0 Å². The van der Waals surface area contributed by atoms with E-state index in [1.54, 1.807) is 7.11 Å². The van der Waals surface area contributed by atoms with E-state index in [1.165, 1.54) is 6.33 Å². The molecule has 0 aliphatic heterocycles. The Morgan fingerprint density at radius 3 is 2.65 bits per heavy atom. The molecule has 20 heavy (non-hydrogen) atoms. The van der Waals surface area contributed by atoms with Crippen LogP contribution in [0.15, 0.2) is 36.7 Å². The van der Waals surface area contributed by atoms with Gasteiger partial charge >= 0.3 is 0 Å². The van der Waals surface area contributed by atoms with Crippen molar-refractivity contribution in [2.45, 2.75) is 19.9 Å². The van der Waals surface area contributed by atoms with Gasteiger partial charge in [0.2, 0.25) is 5.91 Å². The van der Waals surface area contributed by atoms with E-state index >= 15 is 0 Å². The molecule has 0 spiro atoms. The van der Waals surface area contributed by atoms with Crippen molar-refractivity contribution in [1.82, 2.24) is 15.3 Å². The summed E-state index contributed by atoms with van der Waals surface area (Å²) < 4.78 is 5.13. The molecule has 5 heteroatoms. The summed E-state index contributed by atoms with van der Waals surface area (Å²) in [6.45, 7) is 2.23. The summed E-state index contributed by atoms with van der Waals surface area (Å²) >= 11 is 0. The second-order valence-corrected chi connectivity index (χ2v) is 4.25. The van der Waals surface area contributed by atoms with Crippen molar-refractivity contribution in [1.29, 1.82) is 0 Å². The van der Waals surface area contributed by atoms with Gasteiger partial charge < -0.3 is 10.1 Å². The van der Waals surface area contributed by atoms with Gasteiger partial charge in [0.15, 0.2) is 0 Å². The maximum Gasteiger partial charge on any atom is 0.220 e. The SMILES string of the molecule is CCC(=O)NCc1cc(-c2ccc(OC)cc2)ncn1. The Morgan fingerprint density at radius 1 is 1.25 bits per heavy atom. The number of carbonyl (C=O) groups excluding carboxylic acids is 1. The molecule has 0 fully saturated rings. The van der Waals surface area contributed by atoms with Gasteiger partial charge in [-0.3, -0.25) is 4.79 Å². The summed E-state index contributed by atoms with van der Waals surface area (Å²) in [5.74, 6) is 0.813. The minimum Gasteiger partial charge on any atom is -0.497 e. The van der Waals surface area contributed by atoms with Crippen LogP contribution in [-0.2, 0) is 11.3 Å². The number of carbonyl (C=O) groups is 1. The molecule has 0 saturated carbocycles. The Balaban J connectivity index is 2.13. The van der Waals surface area contributed by atoms with E-state index in [1.807, 2.05) is 37.3 Å². The molecule has 1 aromatic carbocycles. The van der Waals surface area contributed by atoms with E-state index in [2.05, 4.69) is 15.3 Å². The van der Waals surface area contributed by atoms with Crippen LogP contribution in [0.4, 0.5) is 0 Å². The van der Waals surface area contributed by atoms with Crippen LogP contribution in [0, 0.1) is 0 Å². The van der Waals surface area contributed by atoms with Gasteiger partial charge in [0.05, 0.1) is 25.0 Å². The van der Waals surface area contributed by atoms with Crippen molar-refractivity contribution >= 4 is 5.91 Å². The van der Waals surface area contributed by atoms with Crippen molar-refractivity contribution < 1.29 is 9.53 Å². The number of ether oxygens (including phenoxy) is 1. The predicted octanol–water partition coefficient (Wildman–Crippen LogP) is 2.18. The first kappa shape index (κ1) is 14.0. The highest BCUT2D eigenvalue weighted by Crippen LogP contribution is 2.20. The third-order valence-electron chi connectivity index (χ3n) is 2.90. The van der Waals surface area contributed by atoms with Gasteiger partial charge in [-0.05, 0) is 30.3 Å². The van der Waals surface area contributed by atoms with Crippen LogP contribution in [0.5, 0.6) is 5.75 Å². The molecule has 2 aromatic rings. The van der Waals surface area contributed by atoms with Gasteiger partial charge in [0.25, 0.3) is 0 Å². The Bertz CT molecular complexity index is 582. The van der Waals surface area contributed by atoms with E-state index in [0.29, 0.717) is 13.0 Å². The number of nitrogens with zero attached hydrogens (tertiary/aromatic N) is 2. The highest BCUT2D eigenvalue weighted by atomic mass is 16.5. The summed E-state index contributed by atoms with van der Waals surface area (Å²) in [6, 6.07) is 9.52. The van der Waals surface area contributed by atoms with E-state index in [9.17, 15) is 4.79 Å². The summed E-state index contributed by atoms with van der Waals surface area (Å²) in [7, 11) is 1.63. The molecule has 0 unspecified atom stereocenters. The maximum absolute atomic E-state index is 11.2. The molecule has 1 N–H and O–H groups in total. The van der Waals surface area contributed by atoms with E-state index in [4.69, 9.17) is 4.74 Å². The smallest absolute Gasteiger partial charge is 0.220 e. The minimum atomic E-state index is 0.00890. The first-order valence-electron chi connectivity index (χ1n) is 6.45. The van der Waals surface area contributed by atoms with Crippen LogP contribution in [0.25, 0.3) is 11.3 Å². The lowest BCUT2D eigenvalue weighted by Crippen LogP contribution is -2.22. The largest absolute Gasteiger partial charge is 0.497 e. The van der Waals surface area contributed by atoms with Gasteiger partial charge in [0.1, 0.15) is 12.1 Å². The topological polar surface area (TPSA) is 64.1 Å². The second kappa shape index (κ2) is 6.65. The van der Waals surface area contributed by atoms with E-state index in [0.717, 1.165) is 22.7 Å². The highest BCUT2D eigenvalue weighted by molar-refractivity contribution is 5.75. The molecule has 0 atom stereocenters. The number of hydrogen-bond acceptors (Lipinski definition) is 4. The molecule has 0 aliphatic rings. The van der Waals surface area contributed by atoms with Gasteiger partial charge in [-0.1, -0.05) is 6.92 Å². The Labute approximate surface area is 118 Å². The Morgan fingerprint density at radius 2 is 2.00 bits per heavy atom. The summed E-state index contributed by atoms with van der Waals surface area (Å²) in [4.78, 5) is 19.6. The molecule has 0 saturated heterocycles. The molecule has 0 radical (unpaired) electrons. The van der Waals surface area contributed by atoms with Crippen LogP contribution in [0.1, 0.15) is 19.0 Å². The molecule has 104 valence electrons. The molecule has 0 bridgehead atoms. The van der Waals surface area contributed by atoms with Crippen LogP contribution in [-0.4, -0.2) is 23.0 Å². The number of aromatic nitrogens is 2. The van der Waals surface area contributed by atoms with E-state index in [-0.39, 0.29) is 5.91 Å². The molecule has 1 heterocycles. The number of methoxy groups -OCH3 is 1. The zero-order chi connectivity index (χ0) is 14.4. The maximum atomic E-state index is 11.2. The molecule has 0 aliphatic carbocycles. The van der Waals surface area contributed by atoms with Crippen LogP contribution < -0.4 is 10.1 Å². The lowest BCUT2D eigenvalue weighted by molar-refractivity contribution is -0.120. The fourth-order valence-electron chi connectivity index (χ4n) is 1.73. The number of nitrogens with one attached hydrogen (secondary N) is 1. The van der Waals surface area contributed by atoms with Gasteiger partial charge in [-0.15, -0.1) is 0 Å². The highest BCUT2D eigenvalue weighted by Gasteiger charge is 2.04. The van der Waals surface area contributed by atoms with Crippen molar-refractivity contribution in [3.63, 3.8) is 0 Å². The van der Waals surface area contributed by atoms with Crippen LogP contribution >= 0.6 is 0 Å². The first-order valence-corrected chi connectivity index (χ1v) is 6.45. The zero-order valence-electron chi connectivity index (χ0n) is 11.6. The average Bonchev–Trinajstić information content (AvgIpc) is 2.53. The van der Waals surface area contributed by atoms with Crippen LogP contribution in [0.2, 0.25) is 0 Å². The number of benzene rings is 1. The van der Waals surface area contributed by atoms with Crippen molar-refractivity contribution in [3.8, 4) is 17.0 Å². The average molecular weight is 271 g/mol. The third-order valence-corrected chi connectivity index (χ3v) is 2.90. The number of amides is 1. The molecule has 2 rings (SSSR count). The molecule has 1 amide bonds. The standard InChI is InChI=1S/C15H17N3O2/c1-3-15(19)16-9-12-8-14(18-10-17-12)11-4-6-13(20-2)7-5-11/h4-8,10H,3,9H2,1-2H3,(H,16,19). The lowest BCUT2D eigenvalue weighted by Gasteiger charge is -2.06. The van der Waals surface area contributed by atoms with Crippen molar-refractivity contribution in [2.24, 2.45) is 0 Å². The molecule has 1 aromatic heterocycles. The predicted molar refractivity (Wildman–Crippen MR) is 76.2 cm³/mol. The van der Waals surface area contributed by atoms with Gasteiger partial charge in [0, 0.05) is 12.0 Å². The van der Waals surface area contributed by atoms with Crippen molar-refractivity contribution in [2.75, 3.05) is 7.11 Å². The minimum absolute atomic E-state index is 0.00890. The second-order valence-electron chi connectivity index (χ2n) is 4.25. The molecular weight excluding hydrogens is 254 g/mol. The van der Waals surface area contributed by atoms with Gasteiger partial charge in [-0.2, -0.15) is 0 Å². The fraction of sp³-hybridized carbons (Fsp3) is 0.267. The summed E-state index contributed by atoms with van der Waals surface area (Å²) in [6.07, 6.45) is 1.98. The summed E-state index contributed by atoms with van der Waals surface area (Å²) in [5.41, 5.74) is 2.59. The third kappa shape index (κ3) is 3.54. The molecular formula is C15H17N3O2. The van der Waals surface area contributed by atoms with E-state index < -0.39 is 0 Å². The Kier molecular flexibility index (Phi) is 4.65. The number of rotatable bonds is 5. The van der Waals surface area contributed by atoms with Gasteiger partial charge in [-0.25, -0.2) is 9.97 Å². The molecule has 5 nitrogen and oxygen atoms in total. The zero-order valence-corrected chi connectivity index (χ0v) is 11.6. The monoisotopic (exact) mass is 271 g/mol. The normalized spacial score (nSPS) is 10.1. The summed E-state index contributed by atoms with van der Waals surface area (Å²) in [5, 5.41) is 2.80. The lowest BCUT2D eigenvalue weighted by atomic mass is 10.1. The fourth-order valence-corrected chi connectivity index (χ4v) is 1.73.